The van der Waals surface area contributed by atoms with Gasteiger partial charge in [-0.25, -0.2) is 0 Å². The third kappa shape index (κ3) is 2.05. The summed E-state index contributed by atoms with van der Waals surface area (Å²) < 4.78 is 11.4. The second-order valence-electron chi connectivity index (χ2n) is 10.5. The van der Waals surface area contributed by atoms with Gasteiger partial charge >= 0.3 is 5.97 Å². The van der Waals surface area contributed by atoms with Gasteiger partial charge < -0.3 is 19.7 Å². The molecule has 150 valence electrons. The van der Waals surface area contributed by atoms with Crippen LogP contribution >= 0.6 is 0 Å². The lowest BCUT2D eigenvalue weighted by atomic mass is 9.43. The van der Waals surface area contributed by atoms with Crippen molar-refractivity contribution in [1.29, 1.82) is 0 Å². The number of ether oxygens (including phenoxy) is 2. The van der Waals surface area contributed by atoms with E-state index >= 15 is 0 Å². The largest absolute Gasteiger partial charge is 0.497 e. The summed E-state index contributed by atoms with van der Waals surface area (Å²) >= 11 is 0. The Morgan fingerprint density at radius 2 is 2.04 bits per heavy atom. The summed E-state index contributed by atoms with van der Waals surface area (Å²) in [7, 11) is 0. The lowest BCUT2D eigenvalue weighted by Gasteiger charge is -2.61. The van der Waals surface area contributed by atoms with Crippen LogP contribution in [0.5, 0.6) is 0 Å². The molecule has 0 aromatic heterocycles. The van der Waals surface area contributed by atoms with E-state index in [1.165, 1.54) is 12.5 Å². The first-order valence-corrected chi connectivity index (χ1v) is 10.6. The number of aliphatic hydroxyl groups excluding tert-OH is 1. The first-order valence-electron chi connectivity index (χ1n) is 10.6. The predicted molar refractivity (Wildman–Crippen MR) is 98.5 cm³/mol. The summed E-state index contributed by atoms with van der Waals surface area (Å²) in [5.74, 6) is 1.49. The van der Waals surface area contributed by atoms with Crippen molar-refractivity contribution in [3.8, 4) is 0 Å². The van der Waals surface area contributed by atoms with Crippen molar-refractivity contribution in [2.45, 2.75) is 77.4 Å². The Morgan fingerprint density at radius 3 is 2.78 bits per heavy atom. The standard InChI is InChI=1S/C22H32O5/c1-13(23)26-12-22(25)7-6-21-10-15(22)8-14(21)9-16-18-19(2,11-27-16)17(24)4-5-20(18,21)3/h14-15,17,24-25H,4-12H2,1-3H3/t14-,15-,17-,19-,20+,21+,22+/m1/s1. The van der Waals surface area contributed by atoms with Crippen LogP contribution in [-0.2, 0) is 14.3 Å². The molecule has 0 aromatic rings. The minimum Gasteiger partial charge on any atom is -0.497 e. The van der Waals surface area contributed by atoms with Crippen LogP contribution in [-0.4, -0.2) is 41.1 Å². The van der Waals surface area contributed by atoms with E-state index in [2.05, 4.69) is 13.8 Å². The van der Waals surface area contributed by atoms with Crippen molar-refractivity contribution in [3.63, 3.8) is 0 Å². The van der Waals surface area contributed by atoms with E-state index in [1.54, 1.807) is 0 Å². The molecule has 2 bridgehead atoms. The fourth-order valence-electron chi connectivity index (χ4n) is 7.92. The van der Waals surface area contributed by atoms with Crippen molar-refractivity contribution in [2.75, 3.05) is 13.2 Å². The fraction of sp³-hybridized carbons (Fsp3) is 0.864. The molecule has 27 heavy (non-hydrogen) atoms. The van der Waals surface area contributed by atoms with Crippen LogP contribution < -0.4 is 0 Å². The van der Waals surface area contributed by atoms with Gasteiger partial charge in [0.15, 0.2) is 0 Å². The zero-order valence-corrected chi connectivity index (χ0v) is 16.7. The van der Waals surface area contributed by atoms with Crippen molar-refractivity contribution in [3.05, 3.63) is 11.3 Å². The Bertz CT molecular complexity index is 730. The highest BCUT2D eigenvalue weighted by Gasteiger charge is 2.71. The molecule has 0 aromatic carbocycles. The zero-order chi connectivity index (χ0) is 19.2. The third-order valence-electron chi connectivity index (χ3n) is 9.38. The lowest BCUT2D eigenvalue weighted by molar-refractivity contribution is -0.161. The van der Waals surface area contributed by atoms with Gasteiger partial charge in [0, 0.05) is 13.3 Å². The molecule has 4 aliphatic carbocycles. The number of carbonyl (C=O) groups is 1. The summed E-state index contributed by atoms with van der Waals surface area (Å²) in [6, 6.07) is 0. The van der Waals surface area contributed by atoms with Gasteiger partial charge in [-0.05, 0) is 73.7 Å². The molecule has 1 aliphatic heterocycles. The van der Waals surface area contributed by atoms with E-state index in [4.69, 9.17) is 9.47 Å². The molecule has 2 N–H and O–H groups in total. The molecule has 0 unspecified atom stereocenters. The molecule has 3 fully saturated rings. The van der Waals surface area contributed by atoms with Crippen molar-refractivity contribution in [1.82, 2.24) is 0 Å². The fourth-order valence-corrected chi connectivity index (χ4v) is 7.92. The quantitative estimate of drug-likeness (QED) is 0.725. The van der Waals surface area contributed by atoms with Crippen LogP contribution in [0.1, 0.15) is 65.7 Å². The smallest absolute Gasteiger partial charge is 0.302 e. The molecule has 1 heterocycles. The second kappa shape index (κ2) is 5.29. The SMILES string of the molecule is CC(=O)OC[C@@]1(O)CC[C@]23C[C@H]1C[C@@H]2CC1=C2[C@](C)(CO1)[C@H](O)CC[C@@]23C. The molecule has 5 rings (SSSR count). The van der Waals surface area contributed by atoms with E-state index in [0.717, 1.165) is 44.3 Å². The number of fused-ring (bicyclic) bond motifs is 1. The van der Waals surface area contributed by atoms with Crippen molar-refractivity contribution < 1.29 is 24.5 Å². The van der Waals surface area contributed by atoms with Gasteiger partial charge in [-0.1, -0.05) is 6.92 Å². The average Bonchev–Trinajstić information content (AvgIpc) is 3.14. The Kier molecular flexibility index (Phi) is 3.53. The van der Waals surface area contributed by atoms with E-state index in [1.807, 2.05) is 0 Å². The molecular formula is C22H32O5. The highest BCUT2D eigenvalue weighted by Crippen LogP contribution is 2.76. The van der Waals surface area contributed by atoms with Gasteiger partial charge in [0.1, 0.15) is 12.2 Å². The van der Waals surface area contributed by atoms with Gasteiger partial charge in [-0.2, -0.15) is 0 Å². The van der Waals surface area contributed by atoms with Crippen LogP contribution in [0.4, 0.5) is 0 Å². The topological polar surface area (TPSA) is 76.0 Å². The number of carbonyl (C=O) groups excluding carboxylic acids is 1. The zero-order valence-electron chi connectivity index (χ0n) is 16.7. The van der Waals surface area contributed by atoms with Gasteiger partial charge in [0.05, 0.1) is 23.9 Å². The number of esters is 1. The van der Waals surface area contributed by atoms with E-state index < -0.39 is 5.60 Å². The van der Waals surface area contributed by atoms with Gasteiger partial charge in [0.25, 0.3) is 0 Å². The maximum absolute atomic E-state index is 11.3. The van der Waals surface area contributed by atoms with Gasteiger partial charge in [-0.15, -0.1) is 0 Å². The Morgan fingerprint density at radius 1 is 1.26 bits per heavy atom. The van der Waals surface area contributed by atoms with Crippen LogP contribution in [0, 0.1) is 28.1 Å². The summed E-state index contributed by atoms with van der Waals surface area (Å²) in [6.45, 7) is 6.72. The summed E-state index contributed by atoms with van der Waals surface area (Å²) in [4.78, 5) is 11.3. The van der Waals surface area contributed by atoms with Crippen molar-refractivity contribution in [2.24, 2.45) is 28.1 Å². The van der Waals surface area contributed by atoms with E-state index in [-0.39, 0.29) is 40.8 Å². The summed E-state index contributed by atoms with van der Waals surface area (Å²) in [5, 5.41) is 22.1. The van der Waals surface area contributed by atoms with Gasteiger partial charge in [0.2, 0.25) is 0 Å². The monoisotopic (exact) mass is 376 g/mol. The molecule has 0 amide bonds. The Labute approximate surface area is 161 Å². The maximum Gasteiger partial charge on any atom is 0.302 e. The van der Waals surface area contributed by atoms with Crippen LogP contribution in [0.3, 0.4) is 0 Å². The Balaban J connectivity index is 1.52. The molecule has 1 spiro atoms. The maximum atomic E-state index is 11.3. The number of hydrogen-bond acceptors (Lipinski definition) is 5. The molecule has 0 radical (unpaired) electrons. The van der Waals surface area contributed by atoms with E-state index in [0.29, 0.717) is 18.9 Å². The molecular weight excluding hydrogens is 344 g/mol. The predicted octanol–water partition coefficient (Wildman–Crippen LogP) is 2.94. The minimum atomic E-state index is -0.895. The average molecular weight is 376 g/mol. The number of aliphatic hydroxyl groups is 2. The van der Waals surface area contributed by atoms with E-state index in [9.17, 15) is 15.0 Å². The number of hydrogen-bond donors (Lipinski definition) is 2. The number of allylic oxidation sites excluding steroid dienone is 1. The highest BCUT2D eigenvalue weighted by molar-refractivity contribution is 5.66. The first kappa shape index (κ1) is 18.0. The van der Waals surface area contributed by atoms with Gasteiger partial charge in [-0.3, -0.25) is 4.79 Å². The van der Waals surface area contributed by atoms with Crippen molar-refractivity contribution >= 4 is 5.97 Å². The molecule has 3 saturated carbocycles. The molecule has 5 aliphatic rings. The summed E-state index contributed by atoms with van der Waals surface area (Å²) in [5.41, 5.74) is 0.441. The minimum absolute atomic E-state index is 0.0350. The highest BCUT2D eigenvalue weighted by atomic mass is 16.5. The van der Waals surface area contributed by atoms with Crippen LogP contribution in [0.2, 0.25) is 0 Å². The van der Waals surface area contributed by atoms with Crippen LogP contribution in [0.15, 0.2) is 11.3 Å². The normalized spacial score (nSPS) is 52.9. The molecule has 7 atom stereocenters. The molecule has 5 nitrogen and oxygen atoms in total. The molecule has 0 saturated heterocycles. The first-order chi connectivity index (χ1) is 12.6. The molecule has 5 heteroatoms. The Hall–Kier alpha value is -1.07. The summed E-state index contributed by atoms with van der Waals surface area (Å²) in [6.07, 6.45) is 6.06. The third-order valence-corrected chi connectivity index (χ3v) is 9.38. The second-order valence-corrected chi connectivity index (χ2v) is 10.5. The number of rotatable bonds is 2. The lowest BCUT2D eigenvalue weighted by Crippen LogP contribution is -2.57. The van der Waals surface area contributed by atoms with Crippen LogP contribution in [0.25, 0.3) is 0 Å².